The van der Waals surface area contributed by atoms with E-state index in [2.05, 4.69) is 10.6 Å². The summed E-state index contributed by atoms with van der Waals surface area (Å²) in [6, 6.07) is -2.53. The molecule has 3 fully saturated rings. The van der Waals surface area contributed by atoms with Gasteiger partial charge in [0.1, 0.15) is 12.1 Å². The van der Waals surface area contributed by atoms with Crippen molar-refractivity contribution in [1.82, 2.24) is 15.5 Å². The van der Waals surface area contributed by atoms with Crippen molar-refractivity contribution < 1.29 is 23.9 Å². The third-order valence-electron chi connectivity index (χ3n) is 6.51. The summed E-state index contributed by atoms with van der Waals surface area (Å²) < 4.78 is 5.53. The maximum absolute atomic E-state index is 13.2. The molecule has 3 aliphatic heterocycles. The van der Waals surface area contributed by atoms with Crippen molar-refractivity contribution in [3.63, 3.8) is 0 Å². The molecular weight excluding hydrogens is 390 g/mol. The van der Waals surface area contributed by atoms with Crippen molar-refractivity contribution in [3.8, 4) is 0 Å². The Morgan fingerprint density at radius 3 is 2.57 bits per heavy atom. The van der Waals surface area contributed by atoms with Crippen LogP contribution >= 0.6 is 0 Å². The molecule has 3 rings (SSSR count). The van der Waals surface area contributed by atoms with Gasteiger partial charge >= 0.3 is 0 Å². The van der Waals surface area contributed by atoms with E-state index in [0.29, 0.717) is 32.7 Å². The van der Waals surface area contributed by atoms with Gasteiger partial charge in [-0.1, -0.05) is 20.8 Å². The number of carbonyl (C=O) groups excluding carboxylic acids is 4. The first-order valence-corrected chi connectivity index (χ1v) is 10.5. The Morgan fingerprint density at radius 1 is 1.30 bits per heavy atom. The van der Waals surface area contributed by atoms with Gasteiger partial charge in [-0.25, -0.2) is 0 Å². The number of hydrogen-bond donors (Lipinski definition) is 4. The molecule has 3 heterocycles. The summed E-state index contributed by atoms with van der Waals surface area (Å²) in [5.41, 5.74) is 11.2. The molecule has 4 amide bonds. The smallest absolute Gasteiger partial charge is 0.243 e. The quantitative estimate of drug-likeness (QED) is 0.400. The SMILES string of the molecule is CC(C)(C)[C@H](N)C(=O)N1C[C@@H]2COC[C@@H]2[C@H]1C(=O)N[C@@H](C[C@@H]1CCNC1=O)C(N)=O. The molecule has 10 nitrogen and oxygen atoms in total. The van der Waals surface area contributed by atoms with E-state index in [0.717, 1.165) is 0 Å². The third-order valence-corrected chi connectivity index (χ3v) is 6.51. The first kappa shape index (κ1) is 22.5. The molecular formula is C20H33N5O5. The summed E-state index contributed by atoms with van der Waals surface area (Å²) in [6.07, 6.45) is 0.727. The van der Waals surface area contributed by atoms with E-state index in [1.807, 2.05) is 20.8 Å². The van der Waals surface area contributed by atoms with Gasteiger partial charge in [0.15, 0.2) is 0 Å². The van der Waals surface area contributed by atoms with Crippen LogP contribution in [0.15, 0.2) is 0 Å². The minimum Gasteiger partial charge on any atom is -0.381 e. The highest BCUT2D eigenvalue weighted by atomic mass is 16.5. The number of likely N-dealkylation sites (tertiary alicyclic amines) is 1. The van der Waals surface area contributed by atoms with Gasteiger partial charge in [0, 0.05) is 30.8 Å². The van der Waals surface area contributed by atoms with Crippen molar-refractivity contribution in [1.29, 1.82) is 0 Å². The molecule has 0 saturated carbocycles. The number of hydrogen-bond acceptors (Lipinski definition) is 6. The molecule has 0 aliphatic carbocycles. The van der Waals surface area contributed by atoms with Crippen LogP contribution in [-0.2, 0) is 23.9 Å². The first-order valence-electron chi connectivity index (χ1n) is 10.5. The lowest BCUT2D eigenvalue weighted by Gasteiger charge is -2.34. The molecule has 0 radical (unpaired) electrons. The van der Waals surface area contributed by atoms with Crippen LogP contribution in [0, 0.1) is 23.2 Å². The van der Waals surface area contributed by atoms with Crippen molar-refractivity contribution in [3.05, 3.63) is 0 Å². The molecule has 6 atom stereocenters. The maximum Gasteiger partial charge on any atom is 0.243 e. The van der Waals surface area contributed by atoms with Gasteiger partial charge in [0.25, 0.3) is 0 Å². The summed E-state index contributed by atoms with van der Waals surface area (Å²) in [5, 5.41) is 5.41. The molecule has 6 N–H and O–H groups in total. The Hall–Kier alpha value is -2.20. The van der Waals surface area contributed by atoms with Crippen molar-refractivity contribution >= 4 is 23.6 Å². The average molecular weight is 424 g/mol. The van der Waals surface area contributed by atoms with E-state index in [9.17, 15) is 19.2 Å². The largest absolute Gasteiger partial charge is 0.381 e. The fourth-order valence-corrected chi connectivity index (χ4v) is 4.52. The van der Waals surface area contributed by atoms with Gasteiger partial charge in [-0.05, 0) is 18.3 Å². The average Bonchev–Trinajstić information content (AvgIpc) is 3.34. The van der Waals surface area contributed by atoms with Gasteiger partial charge in [-0.15, -0.1) is 0 Å². The topological polar surface area (TPSA) is 157 Å². The predicted molar refractivity (Wildman–Crippen MR) is 108 cm³/mol. The zero-order valence-electron chi connectivity index (χ0n) is 17.8. The molecule has 168 valence electrons. The van der Waals surface area contributed by atoms with Crippen LogP contribution in [0.1, 0.15) is 33.6 Å². The molecule has 0 spiro atoms. The second-order valence-corrected chi connectivity index (χ2v) is 9.72. The molecule has 0 aromatic carbocycles. The Balaban J connectivity index is 1.76. The van der Waals surface area contributed by atoms with Crippen molar-refractivity contribution in [2.75, 3.05) is 26.3 Å². The number of nitrogens with zero attached hydrogens (tertiary/aromatic N) is 1. The highest BCUT2D eigenvalue weighted by molar-refractivity contribution is 5.94. The summed E-state index contributed by atoms with van der Waals surface area (Å²) in [7, 11) is 0. The van der Waals surface area contributed by atoms with Gasteiger partial charge in [0.2, 0.25) is 23.6 Å². The monoisotopic (exact) mass is 423 g/mol. The van der Waals surface area contributed by atoms with Crippen LogP contribution in [0.5, 0.6) is 0 Å². The Bertz CT molecular complexity index is 721. The number of ether oxygens (including phenoxy) is 1. The van der Waals surface area contributed by atoms with Gasteiger partial charge in [0.05, 0.1) is 19.3 Å². The zero-order chi connectivity index (χ0) is 22.2. The molecule has 0 unspecified atom stereocenters. The maximum atomic E-state index is 13.2. The third kappa shape index (κ3) is 4.44. The number of carbonyl (C=O) groups is 4. The Labute approximate surface area is 176 Å². The van der Waals surface area contributed by atoms with E-state index in [-0.39, 0.29) is 36.0 Å². The van der Waals surface area contributed by atoms with Crippen LogP contribution in [0.3, 0.4) is 0 Å². The normalized spacial score (nSPS) is 30.5. The minimum absolute atomic E-state index is 0.0458. The number of rotatable bonds is 6. The summed E-state index contributed by atoms with van der Waals surface area (Å²) in [4.78, 5) is 51.7. The van der Waals surface area contributed by atoms with E-state index in [1.165, 1.54) is 4.90 Å². The Morgan fingerprint density at radius 2 is 2.00 bits per heavy atom. The van der Waals surface area contributed by atoms with Crippen LogP contribution in [-0.4, -0.2) is 73.0 Å². The van der Waals surface area contributed by atoms with Crippen LogP contribution in [0.4, 0.5) is 0 Å². The first-order chi connectivity index (χ1) is 14.0. The van der Waals surface area contributed by atoms with Crippen molar-refractivity contribution in [2.45, 2.75) is 51.7 Å². The second-order valence-electron chi connectivity index (χ2n) is 9.72. The Kier molecular flexibility index (Phi) is 6.37. The van der Waals surface area contributed by atoms with E-state index < -0.39 is 35.4 Å². The fraction of sp³-hybridized carbons (Fsp3) is 0.800. The second kappa shape index (κ2) is 8.50. The standard InChI is InChI=1S/C20H33N5O5/c1-20(2,3)15(21)19(29)25-7-11-8-30-9-12(11)14(25)18(28)24-13(16(22)26)6-10-4-5-23-17(10)27/h10-15H,4-9,21H2,1-3H3,(H2,22,26)(H,23,27)(H,24,28)/t10-,11+,12-,13-,14-,15+/m0/s1. The molecule has 0 aromatic heterocycles. The van der Waals surface area contributed by atoms with E-state index in [1.54, 1.807) is 0 Å². The molecule has 10 heteroatoms. The molecule has 0 aromatic rings. The molecule has 3 aliphatic rings. The minimum atomic E-state index is -0.985. The summed E-state index contributed by atoms with van der Waals surface area (Å²) in [6.45, 7) is 7.40. The summed E-state index contributed by atoms with van der Waals surface area (Å²) >= 11 is 0. The highest BCUT2D eigenvalue weighted by Gasteiger charge is 2.52. The highest BCUT2D eigenvalue weighted by Crippen LogP contribution is 2.36. The zero-order valence-corrected chi connectivity index (χ0v) is 17.8. The summed E-state index contributed by atoms with van der Waals surface area (Å²) in [5.74, 6) is -2.08. The van der Waals surface area contributed by atoms with Crippen LogP contribution < -0.4 is 22.1 Å². The van der Waals surface area contributed by atoms with E-state index >= 15 is 0 Å². The number of amides is 4. The lowest BCUT2D eigenvalue weighted by Crippen LogP contribution is -2.58. The van der Waals surface area contributed by atoms with Crippen molar-refractivity contribution in [2.24, 2.45) is 34.6 Å². The molecule has 0 bridgehead atoms. The molecule has 30 heavy (non-hydrogen) atoms. The van der Waals surface area contributed by atoms with Crippen LogP contribution in [0.25, 0.3) is 0 Å². The fourth-order valence-electron chi connectivity index (χ4n) is 4.52. The number of primary amides is 1. The van der Waals surface area contributed by atoms with Crippen LogP contribution in [0.2, 0.25) is 0 Å². The van der Waals surface area contributed by atoms with Gasteiger partial charge in [-0.3, -0.25) is 19.2 Å². The number of nitrogens with two attached hydrogens (primary N) is 2. The number of fused-ring (bicyclic) bond motifs is 1. The lowest BCUT2D eigenvalue weighted by atomic mass is 9.86. The predicted octanol–water partition coefficient (Wildman–Crippen LogP) is -1.67. The molecule has 3 saturated heterocycles. The van der Waals surface area contributed by atoms with Gasteiger partial charge in [-0.2, -0.15) is 0 Å². The van der Waals surface area contributed by atoms with Gasteiger partial charge < -0.3 is 31.7 Å². The van der Waals surface area contributed by atoms with E-state index in [4.69, 9.17) is 16.2 Å². The number of nitrogens with one attached hydrogen (secondary N) is 2. The lowest BCUT2D eigenvalue weighted by molar-refractivity contribution is -0.143.